The van der Waals surface area contributed by atoms with Crippen molar-refractivity contribution in [1.29, 1.82) is 0 Å². The van der Waals surface area contributed by atoms with E-state index in [1.54, 1.807) is 12.1 Å². The van der Waals surface area contributed by atoms with Crippen molar-refractivity contribution in [3.8, 4) is 0 Å². The second-order valence-electron chi connectivity index (χ2n) is 6.86. The molecule has 1 saturated heterocycles. The number of carbonyl (C=O) groups is 1. The molecule has 130 valence electrons. The molecule has 1 aromatic rings. The van der Waals surface area contributed by atoms with Gasteiger partial charge < -0.3 is 10.1 Å². The van der Waals surface area contributed by atoms with Crippen LogP contribution in [0, 0.1) is 16.0 Å². The summed E-state index contributed by atoms with van der Waals surface area (Å²) < 4.78 is 4.91. The number of methoxy groups -OCH3 is 1. The zero-order valence-electron chi connectivity index (χ0n) is 13.9. The summed E-state index contributed by atoms with van der Waals surface area (Å²) in [6.45, 7) is 0. The summed E-state index contributed by atoms with van der Waals surface area (Å²) in [6.07, 6.45) is 6.79. The van der Waals surface area contributed by atoms with E-state index in [4.69, 9.17) is 4.74 Å². The van der Waals surface area contributed by atoms with Crippen LogP contribution in [0.4, 0.5) is 5.69 Å². The Morgan fingerprint density at radius 3 is 2.46 bits per heavy atom. The quantitative estimate of drug-likeness (QED) is 0.520. The van der Waals surface area contributed by atoms with Crippen molar-refractivity contribution in [3.63, 3.8) is 0 Å². The van der Waals surface area contributed by atoms with E-state index in [-0.39, 0.29) is 34.6 Å². The van der Waals surface area contributed by atoms with E-state index in [0.717, 1.165) is 5.56 Å². The molecule has 1 aliphatic carbocycles. The molecule has 1 saturated carbocycles. The Labute approximate surface area is 141 Å². The lowest BCUT2D eigenvalue weighted by Gasteiger charge is -2.32. The highest BCUT2D eigenvalue weighted by Gasteiger charge is 2.42. The van der Waals surface area contributed by atoms with E-state index >= 15 is 0 Å². The Morgan fingerprint density at radius 1 is 1.21 bits per heavy atom. The van der Waals surface area contributed by atoms with Gasteiger partial charge in [-0.05, 0) is 30.7 Å². The highest BCUT2D eigenvalue weighted by molar-refractivity contribution is 5.76. The first-order chi connectivity index (χ1) is 11.6. The van der Waals surface area contributed by atoms with Gasteiger partial charge in [-0.15, -0.1) is 0 Å². The minimum absolute atomic E-state index is 0.100. The predicted octanol–water partition coefficient (Wildman–Crippen LogP) is 3.16. The number of nitrogens with one attached hydrogen (secondary N) is 1. The number of nitro benzene ring substituents is 1. The van der Waals surface area contributed by atoms with E-state index in [9.17, 15) is 14.9 Å². The predicted molar refractivity (Wildman–Crippen MR) is 89.8 cm³/mol. The van der Waals surface area contributed by atoms with Gasteiger partial charge in [0, 0.05) is 24.1 Å². The number of hydrogen-bond acceptors (Lipinski definition) is 5. The van der Waals surface area contributed by atoms with Crippen molar-refractivity contribution >= 4 is 11.7 Å². The van der Waals surface area contributed by atoms with Gasteiger partial charge in [0.2, 0.25) is 0 Å². The molecule has 1 aromatic carbocycles. The number of ether oxygens (including phenoxy) is 1. The Balaban J connectivity index is 1.83. The molecule has 0 radical (unpaired) electrons. The third-order valence-electron chi connectivity index (χ3n) is 5.49. The summed E-state index contributed by atoms with van der Waals surface area (Å²) in [7, 11) is 1.42. The minimum atomic E-state index is -0.382. The van der Waals surface area contributed by atoms with Crippen LogP contribution in [0.15, 0.2) is 24.3 Å². The van der Waals surface area contributed by atoms with Gasteiger partial charge in [0.15, 0.2) is 0 Å². The van der Waals surface area contributed by atoms with Gasteiger partial charge in [-0.25, -0.2) is 0 Å². The van der Waals surface area contributed by atoms with Gasteiger partial charge in [-0.3, -0.25) is 14.9 Å². The Hall–Kier alpha value is -1.95. The van der Waals surface area contributed by atoms with Gasteiger partial charge in [-0.1, -0.05) is 31.4 Å². The third-order valence-corrected chi connectivity index (χ3v) is 5.49. The number of nitro groups is 1. The summed E-state index contributed by atoms with van der Waals surface area (Å²) in [5.41, 5.74) is 1.17. The molecule has 0 amide bonds. The van der Waals surface area contributed by atoms with Gasteiger partial charge in [0.25, 0.3) is 5.69 Å². The van der Waals surface area contributed by atoms with Crippen LogP contribution in [0.5, 0.6) is 0 Å². The lowest BCUT2D eigenvalue weighted by atomic mass is 9.77. The highest BCUT2D eigenvalue weighted by atomic mass is 16.6. The molecule has 0 spiro atoms. The van der Waals surface area contributed by atoms with Gasteiger partial charge in [-0.2, -0.15) is 0 Å². The first-order valence-electron chi connectivity index (χ1n) is 8.68. The van der Waals surface area contributed by atoms with Gasteiger partial charge >= 0.3 is 5.97 Å². The number of hydrogen-bond donors (Lipinski definition) is 1. The summed E-state index contributed by atoms with van der Waals surface area (Å²) in [5.74, 6) is 0.520. The largest absolute Gasteiger partial charge is 0.468 e. The average Bonchev–Trinajstić information content (AvgIpc) is 3.07. The van der Waals surface area contributed by atoms with Crippen LogP contribution in [0.3, 0.4) is 0 Å². The van der Waals surface area contributed by atoms with Crippen molar-refractivity contribution < 1.29 is 14.5 Å². The molecule has 6 heteroatoms. The summed E-state index contributed by atoms with van der Waals surface area (Å²) in [5, 5.41) is 14.3. The Kier molecular flexibility index (Phi) is 5.14. The third kappa shape index (κ3) is 3.43. The number of nitrogens with zero attached hydrogens (tertiary/aromatic N) is 1. The average molecular weight is 332 g/mol. The number of carbonyl (C=O) groups excluding carboxylic acids is 1. The second kappa shape index (κ2) is 7.30. The van der Waals surface area contributed by atoms with Crippen molar-refractivity contribution in [2.24, 2.45) is 5.92 Å². The molecular weight excluding hydrogens is 308 g/mol. The van der Waals surface area contributed by atoms with Crippen LogP contribution in [0.1, 0.15) is 50.0 Å². The topological polar surface area (TPSA) is 81.5 Å². The Morgan fingerprint density at radius 2 is 1.88 bits per heavy atom. The number of esters is 1. The van der Waals surface area contributed by atoms with Crippen LogP contribution in [-0.2, 0) is 9.53 Å². The summed E-state index contributed by atoms with van der Waals surface area (Å²) in [4.78, 5) is 22.5. The molecule has 0 aromatic heterocycles. The van der Waals surface area contributed by atoms with Crippen molar-refractivity contribution in [3.05, 3.63) is 39.9 Å². The molecule has 3 rings (SSSR count). The van der Waals surface area contributed by atoms with Crippen LogP contribution in [0.25, 0.3) is 0 Å². The highest BCUT2D eigenvalue weighted by Crippen LogP contribution is 2.40. The second-order valence-corrected chi connectivity index (χ2v) is 6.86. The molecule has 0 bridgehead atoms. The molecule has 1 N–H and O–H groups in total. The van der Waals surface area contributed by atoms with E-state index in [2.05, 4.69) is 5.32 Å². The van der Waals surface area contributed by atoms with E-state index in [1.807, 2.05) is 12.1 Å². The molecule has 2 fully saturated rings. The van der Waals surface area contributed by atoms with Crippen molar-refractivity contribution in [2.45, 2.75) is 56.5 Å². The number of benzene rings is 1. The summed E-state index contributed by atoms with van der Waals surface area (Å²) in [6, 6.07) is 6.72. The normalized spacial score (nSPS) is 27.8. The maximum atomic E-state index is 12.0. The van der Waals surface area contributed by atoms with Gasteiger partial charge in [0.1, 0.15) is 6.04 Å². The SMILES string of the molecule is COC(=O)C1CC(c2ccc([N+](=O)[O-])cc2)C(C2CCCCC2)N1. The summed E-state index contributed by atoms with van der Waals surface area (Å²) >= 11 is 0. The molecule has 2 aliphatic rings. The van der Waals surface area contributed by atoms with Crippen molar-refractivity contribution in [2.75, 3.05) is 7.11 Å². The monoisotopic (exact) mass is 332 g/mol. The first kappa shape index (κ1) is 16.9. The van der Waals surface area contributed by atoms with Crippen LogP contribution in [0.2, 0.25) is 0 Å². The molecule has 24 heavy (non-hydrogen) atoms. The molecule has 3 atom stereocenters. The fourth-order valence-electron chi connectivity index (χ4n) is 4.27. The first-order valence-corrected chi connectivity index (χ1v) is 8.68. The smallest absolute Gasteiger partial charge is 0.322 e. The van der Waals surface area contributed by atoms with Crippen LogP contribution in [-0.4, -0.2) is 30.1 Å². The van der Waals surface area contributed by atoms with E-state index < -0.39 is 0 Å². The number of rotatable bonds is 4. The number of non-ortho nitro benzene ring substituents is 1. The molecule has 3 unspecified atom stereocenters. The van der Waals surface area contributed by atoms with Crippen LogP contribution < -0.4 is 5.32 Å². The zero-order valence-corrected chi connectivity index (χ0v) is 13.9. The zero-order chi connectivity index (χ0) is 17.1. The maximum Gasteiger partial charge on any atom is 0.322 e. The maximum absolute atomic E-state index is 12.0. The standard InChI is InChI=1S/C18H24N2O4/c1-24-18(21)16-11-15(12-7-9-14(10-8-12)20(22)23)17(19-16)13-5-3-2-4-6-13/h7-10,13,15-17,19H,2-6,11H2,1H3. The van der Waals surface area contributed by atoms with Gasteiger partial charge in [0.05, 0.1) is 12.0 Å². The van der Waals surface area contributed by atoms with E-state index in [0.29, 0.717) is 12.3 Å². The van der Waals surface area contributed by atoms with E-state index in [1.165, 1.54) is 39.2 Å². The molecule has 6 nitrogen and oxygen atoms in total. The molecular formula is C18H24N2O4. The fraction of sp³-hybridized carbons (Fsp3) is 0.611. The minimum Gasteiger partial charge on any atom is -0.468 e. The fourth-order valence-corrected chi connectivity index (χ4v) is 4.27. The lowest BCUT2D eigenvalue weighted by Crippen LogP contribution is -2.41. The van der Waals surface area contributed by atoms with Crippen LogP contribution >= 0.6 is 0 Å². The molecule has 1 heterocycles. The molecule has 1 aliphatic heterocycles. The lowest BCUT2D eigenvalue weighted by molar-refractivity contribution is -0.384. The van der Waals surface area contributed by atoms with Crippen molar-refractivity contribution in [1.82, 2.24) is 5.32 Å². The Bertz CT molecular complexity index is 596.